The molecule has 0 aromatic heterocycles. The Morgan fingerprint density at radius 3 is 2.90 bits per heavy atom. The van der Waals surface area contributed by atoms with E-state index in [-0.39, 0.29) is 6.04 Å². The summed E-state index contributed by atoms with van der Waals surface area (Å²) >= 11 is 0. The maximum Gasteiger partial charge on any atom is 0.231 e. The molecule has 20 heavy (non-hydrogen) atoms. The summed E-state index contributed by atoms with van der Waals surface area (Å²) < 4.78 is 21.5. The van der Waals surface area contributed by atoms with E-state index in [9.17, 15) is 0 Å². The standard InChI is InChI=1S/C15H23NO4/c1-3-16-13(10-18-8-4-7-17-2)12-5-6-14-15(9-12)20-11-19-14/h5-6,9,13,16H,3-4,7-8,10-11H2,1-2H3. The van der Waals surface area contributed by atoms with E-state index in [2.05, 4.69) is 18.3 Å². The molecule has 1 aromatic rings. The Bertz CT molecular complexity index is 411. The maximum absolute atomic E-state index is 5.71. The Morgan fingerprint density at radius 2 is 2.10 bits per heavy atom. The smallest absolute Gasteiger partial charge is 0.231 e. The molecule has 0 radical (unpaired) electrons. The molecule has 1 aliphatic heterocycles. The van der Waals surface area contributed by atoms with Gasteiger partial charge in [-0.25, -0.2) is 0 Å². The molecule has 5 heteroatoms. The lowest BCUT2D eigenvalue weighted by molar-refractivity contribution is 0.0877. The van der Waals surface area contributed by atoms with Gasteiger partial charge in [-0.2, -0.15) is 0 Å². The van der Waals surface area contributed by atoms with Gasteiger partial charge in [-0.05, 0) is 30.7 Å². The summed E-state index contributed by atoms with van der Waals surface area (Å²) in [5.41, 5.74) is 1.16. The van der Waals surface area contributed by atoms with Gasteiger partial charge >= 0.3 is 0 Å². The number of benzene rings is 1. The van der Waals surface area contributed by atoms with Gasteiger partial charge in [0.05, 0.1) is 12.6 Å². The van der Waals surface area contributed by atoms with Crippen LogP contribution in [-0.4, -0.2) is 40.3 Å². The first-order valence-corrected chi connectivity index (χ1v) is 7.04. The molecule has 0 bridgehead atoms. The van der Waals surface area contributed by atoms with E-state index < -0.39 is 0 Å². The third kappa shape index (κ3) is 4.10. The topological polar surface area (TPSA) is 49.0 Å². The molecule has 0 saturated carbocycles. The highest BCUT2D eigenvalue weighted by Crippen LogP contribution is 2.34. The highest BCUT2D eigenvalue weighted by Gasteiger charge is 2.17. The van der Waals surface area contributed by atoms with Gasteiger partial charge in [-0.1, -0.05) is 13.0 Å². The van der Waals surface area contributed by atoms with Crippen molar-refractivity contribution in [2.24, 2.45) is 0 Å². The molecule has 5 nitrogen and oxygen atoms in total. The molecule has 0 spiro atoms. The monoisotopic (exact) mass is 281 g/mol. The van der Waals surface area contributed by atoms with Crippen LogP contribution >= 0.6 is 0 Å². The highest BCUT2D eigenvalue weighted by molar-refractivity contribution is 5.45. The van der Waals surface area contributed by atoms with Crippen LogP contribution in [0.2, 0.25) is 0 Å². The van der Waals surface area contributed by atoms with E-state index in [1.54, 1.807) is 7.11 Å². The lowest BCUT2D eigenvalue weighted by Crippen LogP contribution is -2.25. The first-order valence-electron chi connectivity index (χ1n) is 7.04. The fraction of sp³-hybridized carbons (Fsp3) is 0.600. The Morgan fingerprint density at radius 1 is 1.25 bits per heavy atom. The number of ether oxygens (including phenoxy) is 4. The number of rotatable bonds is 9. The minimum atomic E-state index is 0.164. The zero-order valence-electron chi connectivity index (χ0n) is 12.2. The first-order chi connectivity index (χ1) is 9.85. The predicted octanol–water partition coefficient (Wildman–Crippen LogP) is 2.12. The van der Waals surface area contributed by atoms with Crippen LogP contribution < -0.4 is 14.8 Å². The SMILES string of the molecule is CCNC(COCCCOC)c1ccc2c(c1)OCO2. The van der Waals surface area contributed by atoms with Crippen LogP contribution in [0.1, 0.15) is 24.9 Å². The second-order valence-electron chi connectivity index (χ2n) is 4.64. The Kier molecular flexibility index (Phi) is 6.11. The second kappa shape index (κ2) is 8.09. The normalized spacial score (nSPS) is 14.5. The molecule has 1 atom stereocenters. The number of methoxy groups -OCH3 is 1. The summed E-state index contributed by atoms with van der Waals surface area (Å²) in [5.74, 6) is 1.62. The van der Waals surface area contributed by atoms with E-state index in [1.165, 1.54) is 0 Å². The molecule has 2 rings (SSSR count). The minimum Gasteiger partial charge on any atom is -0.454 e. The molecule has 0 saturated heterocycles. The van der Waals surface area contributed by atoms with Crippen LogP contribution in [0.5, 0.6) is 11.5 Å². The van der Waals surface area contributed by atoms with Crippen LogP contribution in [0.4, 0.5) is 0 Å². The number of hydrogen-bond donors (Lipinski definition) is 1. The van der Waals surface area contributed by atoms with Crippen LogP contribution in [0, 0.1) is 0 Å². The molecule has 1 unspecified atom stereocenters. The summed E-state index contributed by atoms with van der Waals surface area (Å²) in [6, 6.07) is 6.19. The zero-order chi connectivity index (χ0) is 14.2. The molecule has 0 aliphatic carbocycles. The molecule has 1 N–H and O–H groups in total. The maximum atomic E-state index is 5.71. The predicted molar refractivity (Wildman–Crippen MR) is 76.3 cm³/mol. The van der Waals surface area contributed by atoms with Gasteiger partial charge in [0.2, 0.25) is 6.79 Å². The quantitative estimate of drug-likeness (QED) is 0.703. The molecule has 1 heterocycles. The minimum absolute atomic E-state index is 0.164. The lowest BCUT2D eigenvalue weighted by atomic mass is 10.1. The van der Waals surface area contributed by atoms with Crippen molar-refractivity contribution in [3.05, 3.63) is 23.8 Å². The molecule has 0 fully saturated rings. The molecular weight excluding hydrogens is 258 g/mol. The molecule has 0 amide bonds. The molecule has 112 valence electrons. The zero-order valence-corrected chi connectivity index (χ0v) is 12.2. The summed E-state index contributed by atoms with van der Waals surface area (Å²) in [4.78, 5) is 0. The van der Waals surface area contributed by atoms with Crippen molar-refractivity contribution in [2.45, 2.75) is 19.4 Å². The van der Waals surface area contributed by atoms with Crippen LogP contribution in [0.15, 0.2) is 18.2 Å². The third-order valence-corrected chi connectivity index (χ3v) is 3.17. The van der Waals surface area contributed by atoms with Crippen molar-refractivity contribution in [1.82, 2.24) is 5.32 Å². The molecule has 1 aromatic carbocycles. The summed E-state index contributed by atoms with van der Waals surface area (Å²) in [5, 5.41) is 3.43. The third-order valence-electron chi connectivity index (χ3n) is 3.17. The number of fused-ring (bicyclic) bond motifs is 1. The fourth-order valence-corrected chi connectivity index (χ4v) is 2.16. The van der Waals surface area contributed by atoms with Crippen LogP contribution in [0.25, 0.3) is 0 Å². The summed E-state index contributed by atoms with van der Waals surface area (Å²) in [6.45, 7) is 5.36. The van der Waals surface area contributed by atoms with E-state index in [0.29, 0.717) is 20.0 Å². The number of nitrogens with one attached hydrogen (secondary N) is 1. The average Bonchev–Trinajstić information content (AvgIpc) is 2.93. The van der Waals surface area contributed by atoms with E-state index in [4.69, 9.17) is 18.9 Å². The van der Waals surface area contributed by atoms with Crippen molar-refractivity contribution in [3.63, 3.8) is 0 Å². The molecule has 1 aliphatic rings. The first kappa shape index (κ1) is 15.1. The Labute approximate surface area is 120 Å². The van der Waals surface area contributed by atoms with Gasteiger partial charge in [0, 0.05) is 20.3 Å². The van der Waals surface area contributed by atoms with Gasteiger partial charge < -0.3 is 24.3 Å². The largest absolute Gasteiger partial charge is 0.454 e. The van der Waals surface area contributed by atoms with Crippen molar-refractivity contribution < 1.29 is 18.9 Å². The van der Waals surface area contributed by atoms with Crippen LogP contribution in [0.3, 0.4) is 0 Å². The Hall–Kier alpha value is -1.30. The van der Waals surface area contributed by atoms with Crippen molar-refractivity contribution in [3.8, 4) is 11.5 Å². The summed E-state index contributed by atoms with van der Waals surface area (Å²) in [6.07, 6.45) is 0.913. The van der Waals surface area contributed by atoms with E-state index in [1.807, 2.05) is 12.1 Å². The van der Waals surface area contributed by atoms with Crippen molar-refractivity contribution in [2.75, 3.05) is 40.3 Å². The van der Waals surface area contributed by atoms with Crippen LogP contribution in [-0.2, 0) is 9.47 Å². The molecular formula is C15H23NO4. The van der Waals surface area contributed by atoms with E-state index >= 15 is 0 Å². The number of hydrogen-bond acceptors (Lipinski definition) is 5. The van der Waals surface area contributed by atoms with Gasteiger partial charge in [-0.3, -0.25) is 0 Å². The van der Waals surface area contributed by atoms with Crippen molar-refractivity contribution in [1.29, 1.82) is 0 Å². The van der Waals surface area contributed by atoms with E-state index in [0.717, 1.165) is 36.6 Å². The van der Waals surface area contributed by atoms with Gasteiger partial charge in [0.15, 0.2) is 11.5 Å². The second-order valence-corrected chi connectivity index (χ2v) is 4.64. The highest BCUT2D eigenvalue weighted by atomic mass is 16.7. The van der Waals surface area contributed by atoms with Gasteiger partial charge in [0.25, 0.3) is 0 Å². The average molecular weight is 281 g/mol. The fourth-order valence-electron chi connectivity index (χ4n) is 2.16. The lowest BCUT2D eigenvalue weighted by Gasteiger charge is -2.19. The van der Waals surface area contributed by atoms with Gasteiger partial charge in [0.1, 0.15) is 0 Å². The number of likely N-dealkylation sites (N-methyl/N-ethyl adjacent to an activating group) is 1. The summed E-state index contributed by atoms with van der Waals surface area (Å²) in [7, 11) is 1.70. The van der Waals surface area contributed by atoms with Gasteiger partial charge in [-0.15, -0.1) is 0 Å². The van der Waals surface area contributed by atoms with Crippen molar-refractivity contribution >= 4 is 0 Å². The Balaban J connectivity index is 1.90.